The maximum Gasteiger partial charge on any atom is 0.187 e. The van der Waals surface area contributed by atoms with Gasteiger partial charge in [-0.2, -0.15) is 0 Å². The third-order valence-corrected chi connectivity index (χ3v) is 23.0. The maximum atomic E-state index is 12.4. The summed E-state index contributed by atoms with van der Waals surface area (Å²) >= 11 is 0. The van der Waals surface area contributed by atoms with Crippen LogP contribution >= 0.6 is 0 Å². The highest BCUT2D eigenvalue weighted by atomic mass is 16.8. The van der Waals surface area contributed by atoms with Crippen molar-refractivity contribution in [3.8, 4) is 0 Å². The molecular formula is C58H96O30. The van der Waals surface area contributed by atoms with Gasteiger partial charge < -0.3 is 149 Å². The van der Waals surface area contributed by atoms with E-state index in [0.29, 0.717) is 25.4 Å². The van der Waals surface area contributed by atoms with Gasteiger partial charge in [-0.3, -0.25) is 0 Å². The first kappa shape index (κ1) is 68.2. The summed E-state index contributed by atoms with van der Waals surface area (Å²) < 4.78 is 73.5. The minimum atomic E-state index is -2.16. The molecule has 0 aromatic rings. The van der Waals surface area contributed by atoms with Gasteiger partial charge in [-0.15, -0.1) is 0 Å². The van der Waals surface area contributed by atoms with Crippen molar-refractivity contribution in [3.63, 3.8) is 0 Å². The minimum Gasteiger partial charge on any atom is -0.394 e. The Balaban J connectivity index is 0.811. The highest BCUT2D eigenvalue weighted by Crippen LogP contribution is 2.74. The molecule has 0 bridgehead atoms. The van der Waals surface area contributed by atoms with Crippen LogP contribution in [-0.2, 0) is 56.8 Å². The molecule has 11 aliphatic rings. The van der Waals surface area contributed by atoms with Gasteiger partial charge in [0.05, 0.1) is 64.1 Å². The second-order valence-electron chi connectivity index (χ2n) is 28.2. The van der Waals surface area contributed by atoms with Gasteiger partial charge in [0.2, 0.25) is 0 Å². The van der Waals surface area contributed by atoms with Gasteiger partial charge in [-0.1, -0.05) is 34.6 Å². The Morgan fingerprint density at radius 3 is 1.48 bits per heavy atom. The van der Waals surface area contributed by atoms with Gasteiger partial charge in [0.15, 0.2) is 37.2 Å². The zero-order valence-corrected chi connectivity index (χ0v) is 50.1. The van der Waals surface area contributed by atoms with Crippen molar-refractivity contribution in [1.29, 1.82) is 0 Å². The lowest BCUT2D eigenvalue weighted by molar-refractivity contribution is -0.414. The van der Waals surface area contributed by atoms with E-state index in [0.717, 1.165) is 38.5 Å². The molecule has 0 amide bonds. The summed E-state index contributed by atoms with van der Waals surface area (Å²) in [5.74, 6) is 0.0274. The molecule has 30 nitrogen and oxygen atoms in total. The van der Waals surface area contributed by atoms with E-state index in [1.165, 1.54) is 0 Å². The van der Waals surface area contributed by atoms with Crippen molar-refractivity contribution in [2.75, 3.05) is 39.6 Å². The number of hydrogen-bond acceptors (Lipinski definition) is 30. The molecule has 11 rings (SSSR count). The number of aliphatic hydroxyl groups is 18. The van der Waals surface area contributed by atoms with Gasteiger partial charge in [0.1, 0.15) is 122 Å². The highest BCUT2D eigenvalue weighted by molar-refractivity contribution is 5.22. The second kappa shape index (κ2) is 26.1. The van der Waals surface area contributed by atoms with Crippen molar-refractivity contribution in [2.24, 2.45) is 51.8 Å². The van der Waals surface area contributed by atoms with Crippen LogP contribution in [0.15, 0.2) is 0 Å². The molecule has 18 N–H and O–H groups in total. The molecule has 7 saturated heterocycles. The Bertz CT molecular complexity index is 2320. The zero-order valence-electron chi connectivity index (χ0n) is 50.1. The molecule has 7 heterocycles. The molecule has 7 aliphatic heterocycles. The molecule has 4 aliphatic carbocycles. The standard InChI is InChI=1S/C58H96O30/c1-20-8-11-58(77-19-20)55(2,3)49-46(88-58)36(69)31-22-7-6-21-12-25(24(64)13-57(21,5)23(22)9-10-56(31,49)4)78-50-43(76)40(73)44(30(18-63)83-50)84-54-48(87-52-42(75)38(71)33(66)27(15-60)80-52)45(35(68)29(17-62)82-54)85-53-47(39(72)34(67)28(16-61)81-53)86-51-41(74)37(70)32(65)26(14-59)79-51/h20-54,59-76H,6-19H2,1-5H3. The topological polar surface area (TPSA) is 475 Å². The summed E-state index contributed by atoms with van der Waals surface area (Å²) in [5, 5.41) is 199. The number of aliphatic hydroxyl groups excluding tert-OH is 18. The summed E-state index contributed by atoms with van der Waals surface area (Å²) in [6, 6.07) is 0. The molecule has 30 heteroatoms. The van der Waals surface area contributed by atoms with E-state index in [-0.39, 0.29) is 51.9 Å². The molecule has 0 aromatic heterocycles. The lowest BCUT2D eigenvalue weighted by Gasteiger charge is -2.62. The van der Waals surface area contributed by atoms with Gasteiger partial charge >= 0.3 is 0 Å². The van der Waals surface area contributed by atoms with Crippen LogP contribution in [0.4, 0.5) is 0 Å². The summed E-state index contributed by atoms with van der Waals surface area (Å²) in [5.41, 5.74) is -0.955. The van der Waals surface area contributed by atoms with Crippen molar-refractivity contribution < 1.29 is 149 Å². The fourth-order valence-corrected chi connectivity index (χ4v) is 18.2. The first-order valence-electron chi connectivity index (χ1n) is 31.4. The van der Waals surface area contributed by atoms with Gasteiger partial charge in [-0.25, -0.2) is 0 Å². The normalized spacial score (nSPS) is 57.1. The van der Waals surface area contributed by atoms with Crippen LogP contribution in [0, 0.1) is 51.8 Å². The molecule has 508 valence electrons. The number of hydrogen-bond donors (Lipinski definition) is 18. The van der Waals surface area contributed by atoms with E-state index in [2.05, 4.69) is 34.6 Å². The van der Waals surface area contributed by atoms with E-state index in [1.54, 1.807) is 0 Å². The molecule has 88 heavy (non-hydrogen) atoms. The molecule has 1 spiro atoms. The Labute approximate surface area is 508 Å². The maximum absolute atomic E-state index is 12.4. The van der Waals surface area contributed by atoms with Crippen molar-refractivity contribution >= 4 is 0 Å². The van der Waals surface area contributed by atoms with Gasteiger partial charge in [0.25, 0.3) is 0 Å². The Morgan fingerprint density at radius 2 is 0.909 bits per heavy atom. The van der Waals surface area contributed by atoms with Crippen molar-refractivity contribution in [3.05, 3.63) is 0 Å². The fourth-order valence-electron chi connectivity index (χ4n) is 18.2. The quantitative estimate of drug-likeness (QED) is 0.0678. The van der Waals surface area contributed by atoms with Crippen molar-refractivity contribution in [2.45, 2.75) is 270 Å². The SMILES string of the molecule is CC1CCC2(OC1)OC1C(O)C3C4CCC5CC(OC6OC(CO)C(OC7OC(CO)C(O)C(OC8OC(CO)C(O)C(O)C8OC8OC(CO)C(O)C(O)C8O)C7OC7OC(CO)C(O)C(O)C7O)C(O)C6O)C(O)CC5(C)C4CCC3(C)C1C2(C)C. The van der Waals surface area contributed by atoms with Gasteiger partial charge in [0, 0.05) is 17.8 Å². The van der Waals surface area contributed by atoms with Gasteiger partial charge in [-0.05, 0) is 85.4 Å². The molecule has 4 saturated carbocycles. The zero-order chi connectivity index (χ0) is 63.6. The summed E-state index contributed by atoms with van der Waals surface area (Å²) in [7, 11) is 0. The van der Waals surface area contributed by atoms with Crippen LogP contribution in [0.5, 0.6) is 0 Å². The number of rotatable bonds is 15. The second-order valence-corrected chi connectivity index (χ2v) is 28.2. The van der Waals surface area contributed by atoms with Crippen molar-refractivity contribution in [1.82, 2.24) is 0 Å². The Kier molecular flexibility index (Phi) is 20.2. The van der Waals surface area contributed by atoms with Crippen LogP contribution in [0.1, 0.15) is 86.0 Å². The monoisotopic (exact) mass is 1270 g/mol. The Hall–Kier alpha value is -1.20. The molecule has 0 aromatic carbocycles. The fraction of sp³-hybridized carbons (Fsp3) is 1.00. The molecule has 0 radical (unpaired) electrons. The highest BCUT2D eigenvalue weighted by Gasteiger charge is 2.76. The van der Waals surface area contributed by atoms with Crippen LogP contribution in [0.2, 0.25) is 0 Å². The van der Waals surface area contributed by atoms with E-state index < -0.39 is 211 Å². The molecule has 11 fully saturated rings. The predicted octanol–water partition coefficient (Wildman–Crippen LogP) is -6.75. The smallest absolute Gasteiger partial charge is 0.187 e. The summed E-state index contributed by atoms with van der Waals surface area (Å²) in [4.78, 5) is 0. The predicted molar refractivity (Wildman–Crippen MR) is 288 cm³/mol. The third kappa shape index (κ3) is 11.4. The molecule has 38 atom stereocenters. The average molecular weight is 1270 g/mol. The number of ether oxygens (including phenoxy) is 12. The lowest BCUT2D eigenvalue weighted by atomic mass is 9.43. The van der Waals surface area contributed by atoms with E-state index in [1.807, 2.05) is 0 Å². The van der Waals surface area contributed by atoms with Crippen LogP contribution in [0.3, 0.4) is 0 Å². The molecule has 38 unspecified atom stereocenters. The third-order valence-electron chi connectivity index (χ3n) is 23.0. The largest absolute Gasteiger partial charge is 0.394 e. The number of fused-ring (bicyclic) bond motifs is 7. The van der Waals surface area contributed by atoms with E-state index in [4.69, 9.17) is 56.8 Å². The minimum absolute atomic E-state index is 0.0269. The molecular weight excluding hydrogens is 1180 g/mol. The summed E-state index contributed by atoms with van der Waals surface area (Å²) in [6.07, 6.45) is -46.3. The average Bonchev–Trinajstić information content (AvgIpc) is 1.49. The van der Waals surface area contributed by atoms with E-state index in [9.17, 15) is 91.9 Å². The van der Waals surface area contributed by atoms with Crippen LogP contribution < -0.4 is 0 Å². The first-order chi connectivity index (χ1) is 41.6. The summed E-state index contributed by atoms with van der Waals surface area (Å²) in [6.45, 7) is 6.98. The Morgan fingerprint density at radius 1 is 0.432 bits per heavy atom. The first-order valence-corrected chi connectivity index (χ1v) is 31.4. The van der Waals surface area contributed by atoms with Crippen LogP contribution in [0.25, 0.3) is 0 Å². The van der Waals surface area contributed by atoms with E-state index >= 15 is 0 Å². The lowest BCUT2D eigenvalue weighted by Crippen LogP contribution is -2.69. The van der Waals surface area contributed by atoms with Crippen LogP contribution in [-0.4, -0.2) is 315 Å².